The van der Waals surface area contributed by atoms with E-state index in [1.54, 1.807) is 7.11 Å². The van der Waals surface area contributed by atoms with Gasteiger partial charge in [0.05, 0.1) is 12.6 Å². The molecular formula is C13H27N3O2. The third-order valence-corrected chi connectivity index (χ3v) is 3.48. The molecule has 0 aliphatic carbocycles. The first-order valence-electron chi connectivity index (χ1n) is 6.89. The number of carbonyl (C=O) groups is 1. The zero-order valence-electron chi connectivity index (χ0n) is 11.9. The first kappa shape index (κ1) is 15.4. The van der Waals surface area contributed by atoms with Crippen molar-refractivity contribution in [3.63, 3.8) is 0 Å². The number of nitrogens with zero attached hydrogens (tertiary/aromatic N) is 1. The molecule has 0 aromatic heterocycles. The molecule has 18 heavy (non-hydrogen) atoms. The van der Waals surface area contributed by atoms with E-state index in [-0.39, 0.29) is 11.9 Å². The van der Waals surface area contributed by atoms with Crippen molar-refractivity contribution >= 4 is 5.91 Å². The Hall–Kier alpha value is -0.650. The molecule has 0 aromatic carbocycles. The summed E-state index contributed by atoms with van der Waals surface area (Å²) in [5.74, 6) is 0.0423. The summed E-state index contributed by atoms with van der Waals surface area (Å²) in [6.07, 6.45) is 2.61. The second-order valence-electron chi connectivity index (χ2n) is 5.01. The summed E-state index contributed by atoms with van der Waals surface area (Å²) in [5, 5.41) is 6.13. The predicted octanol–water partition coefficient (Wildman–Crippen LogP) is 0.211. The highest BCUT2D eigenvalue weighted by atomic mass is 16.5. The molecule has 0 aromatic rings. The van der Waals surface area contributed by atoms with Crippen molar-refractivity contribution in [1.29, 1.82) is 0 Å². The van der Waals surface area contributed by atoms with Crippen molar-refractivity contribution in [2.45, 2.75) is 38.8 Å². The number of ether oxygens (including phenoxy) is 1. The highest BCUT2D eigenvalue weighted by Gasteiger charge is 2.19. The molecule has 1 aliphatic rings. The number of amides is 1. The molecule has 0 spiro atoms. The van der Waals surface area contributed by atoms with E-state index >= 15 is 0 Å². The molecule has 1 aliphatic heterocycles. The second kappa shape index (κ2) is 8.45. The Kier molecular flexibility index (Phi) is 7.23. The summed E-state index contributed by atoms with van der Waals surface area (Å²) in [7, 11) is 1.63. The molecule has 2 atom stereocenters. The van der Waals surface area contributed by atoms with Crippen LogP contribution in [0.25, 0.3) is 0 Å². The first-order chi connectivity index (χ1) is 8.65. The van der Waals surface area contributed by atoms with Crippen LogP contribution < -0.4 is 10.6 Å². The van der Waals surface area contributed by atoms with E-state index in [1.165, 1.54) is 25.9 Å². The molecule has 5 nitrogen and oxygen atoms in total. The van der Waals surface area contributed by atoms with Crippen molar-refractivity contribution in [3.05, 3.63) is 0 Å². The van der Waals surface area contributed by atoms with Gasteiger partial charge in [-0.25, -0.2) is 0 Å². The van der Waals surface area contributed by atoms with Crippen molar-refractivity contribution in [1.82, 2.24) is 15.5 Å². The van der Waals surface area contributed by atoms with E-state index in [9.17, 15) is 4.79 Å². The second-order valence-corrected chi connectivity index (χ2v) is 5.01. The van der Waals surface area contributed by atoms with E-state index < -0.39 is 0 Å². The van der Waals surface area contributed by atoms with Crippen LogP contribution in [-0.2, 0) is 9.53 Å². The van der Waals surface area contributed by atoms with Crippen molar-refractivity contribution in [2.24, 2.45) is 0 Å². The fourth-order valence-electron chi connectivity index (χ4n) is 2.18. The standard InChI is InChI=1S/C13H27N3O2/c1-11(16-7-4-5-8-16)10-15-12(2)13(17)14-6-9-18-3/h11-12,15H,4-10H2,1-3H3,(H,14,17). The topological polar surface area (TPSA) is 53.6 Å². The van der Waals surface area contributed by atoms with Crippen LogP contribution >= 0.6 is 0 Å². The summed E-state index contributed by atoms with van der Waals surface area (Å²) in [4.78, 5) is 14.2. The Morgan fingerprint density at radius 1 is 1.33 bits per heavy atom. The Morgan fingerprint density at radius 3 is 2.61 bits per heavy atom. The van der Waals surface area contributed by atoms with Gasteiger partial charge in [0, 0.05) is 26.2 Å². The number of hydrogen-bond donors (Lipinski definition) is 2. The van der Waals surface area contributed by atoms with Crippen LogP contribution in [0.4, 0.5) is 0 Å². The van der Waals surface area contributed by atoms with E-state index in [0.29, 0.717) is 19.2 Å². The van der Waals surface area contributed by atoms with Crippen molar-refractivity contribution in [2.75, 3.05) is 39.9 Å². The van der Waals surface area contributed by atoms with Crippen LogP contribution in [0.2, 0.25) is 0 Å². The van der Waals surface area contributed by atoms with Crippen LogP contribution in [0.1, 0.15) is 26.7 Å². The molecule has 1 fully saturated rings. The smallest absolute Gasteiger partial charge is 0.236 e. The molecule has 1 heterocycles. The van der Waals surface area contributed by atoms with Gasteiger partial charge in [0.2, 0.25) is 5.91 Å². The van der Waals surface area contributed by atoms with Crippen LogP contribution in [-0.4, -0.2) is 62.8 Å². The maximum Gasteiger partial charge on any atom is 0.236 e. The van der Waals surface area contributed by atoms with E-state index in [4.69, 9.17) is 4.74 Å². The molecule has 1 amide bonds. The van der Waals surface area contributed by atoms with Crippen LogP contribution in [0, 0.1) is 0 Å². The average Bonchev–Trinajstić information content (AvgIpc) is 2.89. The molecular weight excluding hydrogens is 230 g/mol. The fraction of sp³-hybridized carbons (Fsp3) is 0.923. The number of likely N-dealkylation sites (tertiary alicyclic amines) is 1. The Morgan fingerprint density at radius 2 is 2.00 bits per heavy atom. The highest BCUT2D eigenvalue weighted by molar-refractivity contribution is 5.81. The van der Waals surface area contributed by atoms with E-state index in [0.717, 1.165) is 6.54 Å². The summed E-state index contributed by atoms with van der Waals surface area (Å²) < 4.78 is 4.90. The minimum Gasteiger partial charge on any atom is -0.383 e. The van der Waals surface area contributed by atoms with Crippen LogP contribution in [0.5, 0.6) is 0 Å². The monoisotopic (exact) mass is 257 g/mol. The molecule has 0 radical (unpaired) electrons. The summed E-state index contributed by atoms with van der Waals surface area (Å²) in [6.45, 7) is 8.49. The van der Waals surface area contributed by atoms with Crippen molar-refractivity contribution < 1.29 is 9.53 Å². The molecule has 2 N–H and O–H groups in total. The van der Waals surface area contributed by atoms with Gasteiger partial charge >= 0.3 is 0 Å². The third kappa shape index (κ3) is 5.33. The van der Waals surface area contributed by atoms with Gasteiger partial charge in [-0.15, -0.1) is 0 Å². The molecule has 5 heteroatoms. The van der Waals surface area contributed by atoms with Gasteiger partial charge in [-0.3, -0.25) is 9.69 Å². The summed E-state index contributed by atoms with van der Waals surface area (Å²) in [5.41, 5.74) is 0. The third-order valence-electron chi connectivity index (χ3n) is 3.48. The quantitative estimate of drug-likeness (QED) is 0.611. The maximum atomic E-state index is 11.7. The lowest BCUT2D eigenvalue weighted by Gasteiger charge is -2.25. The lowest BCUT2D eigenvalue weighted by molar-refractivity contribution is -0.123. The molecule has 0 saturated carbocycles. The van der Waals surface area contributed by atoms with Gasteiger partial charge in [-0.2, -0.15) is 0 Å². The number of methoxy groups -OCH3 is 1. The van der Waals surface area contributed by atoms with Gasteiger partial charge in [0.15, 0.2) is 0 Å². The zero-order valence-corrected chi connectivity index (χ0v) is 11.9. The number of rotatable bonds is 8. The molecule has 0 bridgehead atoms. The summed E-state index contributed by atoms with van der Waals surface area (Å²) in [6, 6.07) is 0.355. The normalized spacial score (nSPS) is 19.7. The Labute approximate surface area is 110 Å². The minimum atomic E-state index is -0.146. The lowest BCUT2D eigenvalue weighted by atomic mass is 10.2. The Balaban J connectivity index is 2.14. The number of nitrogens with one attached hydrogen (secondary N) is 2. The van der Waals surface area contributed by atoms with Gasteiger partial charge in [-0.1, -0.05) is 0 Å². The van der Waals surface area contributed by atoms with Crippen LogP contribution in [0.15, 0.2) is 0 Å². The first-order valence-corrected chi connectivity index (χ1v) is 6.89. The molecule has 2 unspecified atom stereocenters. The lowest BCUT2D eigenvalue weighted by Crippen LogP contribution is -2.47. The van der Waals surface area contributed by atoms with E-state index in [2.05, 4.69) is 22.5 Å². The molecule has 1 saturated heterocycles. The van der Waals surface area contributed by atoms with Gasteiger partial charge < -0.3 is 15.4 Å². The number of hydrogen-bond acceptors (Lipinski definition) is 4. The largest absolute Gasteiger partial charge is 0.383 e. The van der Waals surface area contributed by atoms with Gasteiger partial charge in [0.25, 0.3) is 0 Å². The van der Waals surface area contributed by atoms with Gasteiger partial charge in [-0.05, 0) is 39.8 Å². The average molecular weight is 257 g/mol. The van der Waals surface area contributed by atoms with Crippen molar-refractivity contribution in [3.8, 4) is 0 Å². The zero-order chi connectivity index (χ0) is 13.4. The van der Waals surface area contributed by atoms with Crippen LogP contribution in [0.3, 0.4) is 0 Å². The fourth-order valence-corrected chi connectivity index (χ4v) is 2.18. The van der Waals surface area contributed by atoms with E-state index in [1.807, 2.05) is 6.92 Å². The highest BCUT2D eigenvalue weighted by Crippen LogP contribution is 2.10. The van der Waals surface area contributed by atoms with Gasteiger partial charge in [0.1, 0.15) is 0 Å². The summed E-state index contributed by atoms with van der Waals surface area (Å²) >= 11 is 0. The molecule has 106 valence electrons. The number of carbonyl (C=O) groups excluding carboxylic acids is 1. The molecule has 1 rings (SSSR count). The maximum absolute atomic E-state index is 11.7. The minimum absolute atomic E-state index is 0.0423. The predicted molar refractivity (Wildman–Crippen MR) is 72.6 cm³/mol. The Bertz CT molecular complexity index is 242. The SMILES string of the molecule is COCCNC(=O)C(C)NCC(C)N1CCCC1.